The first-order chi connectivity index (χ1) is 14.1. The number of nitrogens with zero attached hydrogens (tertiary/aromatic N) is 7. The summed E-state index contributed by atoms with van der Waals surface area (Å²) < 4.78 is 25.9. The zero-order chi connectivity index (χ0) is 20.2. The molecule has 4 rings (SSSR count). The summed E-state index contributed by atoms with van der Waals surface area (Å²) >= 11 is 0. The van der Waals surface area contributed by atoms with E-state index in [0.29, 0.717) is 42.7 Å². The SMILES string of the molecule is N#CCCNc1nccc([C@H]2CN(CC(F)F)N=C2C2=C[C@@H]3C=CN=C3N=C2)n1. The number of halogens is 2. The van der Waals surface area contributed by atoms with Crippen molar-refractivity contribution < 1.29 is 8.78 Å². The van der Waals surface area contributed by atoms with Crippen LogP contribution in [0.5, 0.6) is 0 Å². The molecule has 1 N–H and O–H groups in total. The molecule has 10 heteroatoms. The third kappa shape index (κ3) is 4.18. The second-order valence-electron chi connectivity index (χ2n) is 6.68. The van der Waals surface area contributed by atoms with Gasteiger partial charge >= 0.3 is 0 Å². The molecule has 0 saturated carbocycles. The normalized spacial score (nSPS) is 22.3. The van der Waals surface area contributed by atoms with E-state index in [4.69, 9.17) is 5.26 Å². The summed E-state index contributed by atoms with van der Waals surface area (Å²) in [5.74, 6) is 0.772. The van der Waals surface area contributed by atoms with Gasteiger partial charge < -0.3 is 5.32 Å². The van der Waals surface area contributed by atoms with Crippen LogP contribution in [0.15, 0.2) is 51.3 Å². The van der Waals surface area contributed by atoms with Crippen molar-refractivity contribution in [2.75, 3.05) is 25.0 Å². The Bertz CT molecular complexity index is 973. The van der Waals surface area contributed by atoms with E-state index in [1.165, 1.54) is 5.01 Å². The second-order valence-corrected chi connectivity index (χ2v) is 6.68. The Balaban J connectivity index is 1.61. The molecule has 0 amide bonds. The maximum absolute atomic E-state index is 13.0. The topological polar surface area (TPSA) is 102 Å². The number of fused-ring (bicyclic) bond motifs is 1. The van der Waals surface area contributed by atoms with E-state index in [2.05, 4.69) is 30.4 Å². The number of dihydropyridines is 1. The molecular weight excluding hydrogens is 378 g/mol. The number of aliphatic imine (C=N–C) groups is 2. The van der Waals surface area contributed by atoms with E-state index >= 15 is 0 Å². The van der Waals surface area contributed by atoms with E-state index in [1.54, 1.807) is 24.7 Å². The van der Waals surface area contributed by atoms with Gasteiger partial charge in [0.1, 0.15) is 5.84 Å². The molecule has 0 spiro atoms. The Morgan fingerprint density at radius 3 is 3.10 bits per heavy atom. The van der Waals surface area contributed by atoms with Crippen molar-refractivity contribution in [2.24, 2.45) is 21.0 Å². The van der Waals surface area contributed by atoms with Crippen LogP contribution in [0, 0.1) is 17.2 Å². The molecule has 3 aliphatic heterocycles. The van der Waals surface area contributed by atoms with E-state index in [0.717, 1.165) is 5.57 Å². The van der Waals surface area contributed by atoms with E-state index in [-0.39, 0.29) is 11.8 Å². The van der Waals surface area contributed by atoms with Crippen LogP contribution >= 0.6 is 0 Å². The van der Waals surface area contributed by atoms with Crippen LogP contribution in [0.3, 0.4) is 0 Å². The average molecular weight is 396 g/mol. The van der Waals surface area contributed by atoms with Crippen molar-refractivity contribution in [3.05, 3.63) is 41.9 Å². The number of hydrazone groups is 1. The average Bonchev–Trinajstić information content (AvgIpc) is 3.34. The number of nitriles is 1. The third-order valence-corrected chi connectivity index (χ3v) is 4.66. The summed E-state index contributed by atoms with van der Waals surface area (Å²) in [6, 6.07) is 3.80. The van der Waals surface area contributed by atoms with Crippen molar-refractivity contribution in [3.63, 3.8) is 0 Å². The largest absolute Gasteiger partial charge is 0.353 e. The Hall–Kier alpha value is -3.48. The quantitative estimate of drug-likeness (QED) is 0.713. The molecule has 0 aliphatic carbocycles. The molecular formula is C19H18F2N8. The summed E-state index contributed by atoms with van der Waals surface area (Å²) in [6.07, 6.45) is 6.74. The molecule has 2 atom stereocenters. The fourth-order valence-corrected chi connectivity index (χ4v) is 3.37. The van der Waals surface area contributed by atoms with Crippen molar-refractivity contribution >= 4 is 23.7 Å². The minimum Gasteiger partial charge on any atom is -0.353 e. The van der Waals surface area contributed by atoms with Gasteiger partial charge in [-0.25, -0.2) is 28.7 Å². The van der Waals surface area contributed by atoms with E-state index in [1.807, 2.05) is 18.2 Å². The lowest BCUT2D eigenvalue weighted by Crippen LogP contribution is -2.25. The van der Waals surface area contributed by atoms with Gasteiger partial charge in [-0.05, 0) is 6.07 Å². The minimum atomic E-state index is -2.49. The van der Waals surface area contributed by atoms with Gasteiger partial charge in [-0.15, -0.1) is 0 Å². The maximum atomic E-state index is 13.0. The van der Waals surface area contributed by atoms with Crippen molar-refractivity contribution in [2.45, 2.75) is 18.8 Å². The van der Waals surface area contributed by atoms with Gasteiger partial charge in [-0.2, -0.15) is 10.4 Å². The predicted octanol–water partition coefficient (Wildman–Crippen LogP) is 2.38. The van der Waals surface area contributed by atoms with Gasteiger partial charge in [0.2, 0.25) is 5.95 Å². The highest BCUT2D eigenvalue weighted by Gasteiger charge is 2.34. The Kier molecular flexibility index (Phi) is 5.37. The number of rotatable bonds is 7. The molecule has 0 fully saturated rings. The molecule has 8 nitrogen and oxygen atoms in total. The Morgan fingerprint density at radius 2 is 2.28 bits per heavy atom. The highest BCUT2D eigenvalue weighted by Crippen LogP contribution is 2.30. The van der Waals surface area contributed by atoms with Crippen LogP contribution in [-0.2, 0) is 0 Å². The van der Waals surface area contributed by atoms with Crippen LogP contribution in [0.1, 0.15) is 18.0 Å². The first kappa shape index (κ1) is 18.9. The van der Waals surface area contributed by atoms with Crippen LogP contribution in [0.4, 0.5) is 14.7 Å². The highest BCUT2D eigenvalue weighted by molar-refractivity contribution is 6.22. The van der Waals surface area contributed by atoms with Crippen molar-refractivity contribution in [1.82, 2.24) is 15.0 Å². The lowest BCUT2D eigenvalue weighted by atomic mass is 9.91. The standard InChI is InChI=1S/C19H18F2N8/c20-16(21)11-29-10-14(15-3-7-25-19(27-15)24-5-1-4-22)17(28-29)13-8-12-2-6-23-18(12)26-9-13/h2-3,6-9,12,14,16H,1,5,10-11H2,(H,24,25,27)/t12-,14+/m0/s1. The molecule has 0 aromatic carbocycles. The smallest absolute Gasteiger partial charge is 0.257 e. The first-order valence-corrected chi connectivity index (χ1v) is 9.20. The number of hydrogen-bond acceptors (Lipinski definition) is 8. The summed E-state index contributed by atoms with van der Waals surface area (Å²) in [7, 11) is 0. The number of anilines is 1. The first-order valence-electron chi connectivity index (χ1n) is 9.20. The van der Waals surface area contributed by atoms with Gasteiger partial charge in [0, 0.05) is 30.7 Å². The molecule has 0 bridgehead atoms. The van der Waals surface area contributed by atoms with Gasteiger partial charge in [-0.1, -0.05) is 12.2 Å². The van der Waals surface area contributed by atoms with Crippen LogP contribution in [0.2, 0.25) is 0 Å². The molecule has 148 valence electrons. The lowest BCUT2D eigenvalue weighted by Gasteiger charge is -2.17. The maximum Gasteiger partial charge on any atom is 0.257 e. The lowest BCUT2D eigenvalue weighted by molar-refractivity contribution is 0.0941. The summed E-state index contributed by atoms with van der Waals surface area (Å²) in [4.78, 5) is 17.2. The highest BCUT2D eigenvalue weighted by atomic mass is 19.3. The number of hydrogen-bond donors (Lipinski definition) is 1. The van der Waals surface area contributed by atoms with Crippen LogP contribution < -0.4 is 5.32 Å². The Labute approximate surface area is 166 Å². The zero-order valence-corrected chi connectivity index (χ0v) is 15.4. The third-order valence-electron chi connectivity index (χ3n) is 4.66. The van der Waals surface area contributed by atoms with Gasteiger partial charge in [0.15, 0.2) is 0 Å². The molecule has 1 aromatic rings. The van der Waals surface area contributed by atoms with Gasteiger partial charge in [0.05, 0.1) is 48.8 Å². The summed E-state index contributed by atoms with van der Waals surface area (Å²) in [6.45, 7) is 0.275. The van der Waals surface area contributed by atoms with Gasteiger partial charge in [0.25, 0.3) is 6.43 Å². The molecule has 0 radical (unpaired) electrons. The second kappa shape index (κ2) is 8.26. The fraction of sp³-hybridized carbons (Fsp3) is 0.368. The fourth-order valence-electron chi connectivity index (χ4n) is 3.37. The monoisotopic (exact) mass is 396 g/mol. The minimum absolute atomic E-state index is 0.0314. The van der Waals surface area contributed by atoms with Gasteiger partial charge in [-0.3, -0.25) is 5.01 Å². The van der Waals surface area contributed by atoms with Crippen molar-refractivity contribution in [1.29, 1.82) is 5.26 Å². The van der Waals surface area contributed by atoms with Crippen molar-refractivity contribution in [3.8, 4) is 6.07 Å². The predicted molar refractivity (Wildman–Crippen MR) is 105 cm³/mol. The molecule has 3 aliphatic rings. The summed E-state index contributed by atoms with van der Waals surface area (Å²) in [5.41, 5.74) is 2.10. The molecule has 0 saturated heterocycles. The number of allylic oxidation sites excluding steroid dienone is 1. The number of amidine groups is 1. The van der Waals surface area contributed by atoms with E-state index in [9.17, 15) is 8.78 Å². The molecule has 0 unspecified atom stereocenters. The van der Waals surface area contributed by atoms with Crippen LogP contribution in [0.25, 0.3) is 0 Å². The Morgan fingerprint density at radius 1 is 1.38 bits per heavy atom. The summed E-state index contributed by atoms with van der Waals surface area (Å²) in [5, 5.41) is 17.5. The van der Waals surface area contributed by atoms with Crippen LogP contribution in [-0.4, -0.2) is 58.8 Å². The molecule has 4 heterocycles. The zero-order valence-electron chi connectivity index (χ0n) is 15.4. The molecule has 29 heavy (non-hydrogen) atoms. The van der Waals surface area contributed by atoms with E-state index < -0.39 is 13.0 Å². The number of alkyl halides is 2. The number of nitrogens with one attached hydrogen (secondary N) is 1. The molecule has 1 aromatic heterocycles. The number of aromatic nitrogens is 2.